The quantitative estimate of drug-likeness (QED) is 0.581. The molecule has 1 aromatic rings. The molecule has 0 unspecified atom stereocenters. The summed E-state index contributed by atoms with van der Waals surface area (Å²) in [5.74, 6) is 0.611. The summed E-state index contributed by atoms with van der Waals surface area (Å²) < 4.78 is 5.51. The Hall–Kier alpha value is -0.670. The fourth-order valence-corrected chi connectivity index (χ4v) is 1.78. The molecule has 0 bridgehead atoms. The lowest BCUT2D eigenvalue weighted by molar-refractivity contribution is 0.118. The number of hydrogen-bond donors (Lipinski definition) is 1. The van der Waals surface area contributed by atoms with Crippen LogP contribution >= 0.6 is 11.8 Å². The average Bonchev–Trinajstić information content (AvgIpc) is 2.28. The first-order valence-corrected chi connectivity index (χ1v) is 6.90. The molecule has 0 aliphatic carbocycles. The fraction of sp³-hybridized carbons (Fsp3) is 0.538. The topological polar surface area (TPSA) is 21.3 Å². The van der Waals surface area contributed by atoms with Crippen LogP contribution in [-0.2, 0) is 4.74 Å². The molecule has 16 heavy (non-hydrogen) atoms. The van der Waals surface area contributed by atoms with E-state index in [1.54, 1.807) is 11.8 Å². The summed E-state index contributed by atoms with van der Waals surface area (Å²) in [4.78, 5) is 1.29. The second-order valence-corrected chi connectivity index (χ2v) is 5.01. The predicted octanol–water partition coefficient (Wildman–Crippen LogP) is 3.49. The first-order chi connectivity index (χ1) is 7.72. The molecule has 0 heterocycles. The summed E-state index contributed by atoms with van der Waals surface area (Å²) in [6.07, 6.45) is 2.09. The van der Waals surface area contributed by atoms with Crippen LogP contribution in [0.2, 0.25) is 0 Å². The summed E-state index contributed by atoms with van der Waals surface area (Å²) in [5, 5.41) is 3.35. The number of hydrogen-bond acceptors (Lipinski definition) is 3. The second-order valence-electron chi connectivity index (χ2n) is 4.13. The van der Waals surface area contributed by atoms with Crippen LogP contribution in [0.4, 0.5) is 5.69 Å². The summed E-state index contributed by atoms with van der Waals surface area (Å²) in [6.45, 7) is 6.80. The van der Waals surface area contributed by atoms with E-state index < -0.39 is 0 Å². The van der Waals surface area contributed by atoms with Gasteiger partial charge in [-0.05, 0) is 30.4 Å². The van der Waals surface area contributed by atoms with Crippen molar-refractivity contribution in [1.82, 2.24) is 0 Å². The van der Waals surface area contributed by atoms with Gasteiger partial charge in [-0.2, -0.15) is 0 Å². The predicted molar refractivity (Wildman–Crippen MR) is 72.4 cm³/mol. The highest BCUT2D eigenvalue weighted by Gasteiger charge is 1.95. The maximum Gasteiger partial charge on any atom is 0.0639 e. The highest BCUT2D eigenvalue weighted by molar-refractivity contribution is 7.98. The van der Waals surface area contributed by atoms with Crippen LogP contribution in [-0.4, -0.2) is 26.0 Å². The van der Waals surface area contributed by atoms with E-state index in [0.717, 1.165) is 19.8 Å². The van der Waals surface area contributed by atoms with Crippen molar-refractivity contribution in [3.8, 4) is 0 Å². The van der Waals surface area contributed by atoms with Gasteiger partial charge in [0.2, 0.25) is 0 Å². The SMILES string of the molecule is CSc1cccc(NCCOCC(C)C)c1. The summed E-state index contributed by atoms with van der Waals surface area (Å²) >= 11 is 1.76. The van der Waals surface area contributed by atoms with Gasteiger partial charge in [0, 0.05) is 23.7 Å². The Morgan fingerprint density at radius 2 is 2.19 bits per heavy atom. The van der Waals surface area contributed by atoms with Crippen molar-refractivity contribution in [2.24, 2.45) is 5.92 Å². The number of thioether (sulfide) groups is 1. The summed E-state index contributed by atoms with van der Waals surface area (Å²) in [7, 11) is 0. The van der Waals surface area contributed by atoms with Gasteiger partial charge in [-0.15, -0.1) is 11.8 Å². The Balaban J connectivity index is 2.21. The lowest BCUT2D eigenvalue weighted by Gasteiger charge is -2.09. The molecule has 0 amide bonds. The molecule has 90 valence electrons. The highest BCUT2D eigenvalue weighted by atomic mass is 32.2. The normalized spacial score (nSPS) is 10.8. The third-order valence-electron chi connectivity index (χ3n) is 2.10. The molecule has 0 fully saturated rings. The zero-order chi connectivity index (χ0) is 11.8. The fourth-order valence-electron chi connectivity index (χ4n) is 1.32. The molecule has 0 aliphatic rings. The minimum Gasteiger partial charge on any atom is -0.383 e. The van der Waals surface area contributed by atoms with Crippen molar-refractivity contribution >= 4 is 17.4 Å². The molecule has 0 saturated heterocycles. The van der Waals surface area contributed by atoms with Crippen LogP contribution in [0.3, 0.4) is 0 Å². The summed E-state index contributed by atoms with van der Waals surface area (Å²) in [6, 6.07) is 8.43. The van der Waals surface area contributed by atoms with E-state index in [-0.39, 0.29) is 0 Å². The second kappa shape index (κ2) is 7.58. The third kappa shape index (κ3) is 5.42. The van der Waals surface area contributed by atoms with Crippen molar-refractivity contribution in [2.75, 3.05) is 31.3 Å². The third-order valence-corrected chi connectivity index (χ3v) is 2.82. The molecule has 0 radical (unpaired) electrons. The number of rotatable bonds is 7. The van der Waals surface area contributed by atoms with Crippen molar-refractivity contribution in [3.05, 3.63) is 24.3 Å². The van der Waals surface area contributed by atoms with E-state index in [2.05, 4.69) is 49.7 Å². The smallest absolute Gasteiger partial charge is 0.0639 e. The molecule has 2 nitrogen and oxygen atoms in total. The molecular formula is C13H21NOS. The first-order valence-electron chi connectivity index (χ1n) is 5.68. The van der Waals surface area contributed by atoms with Gasteiger partial charge in [0.25, 0.3) is 0 Å². The number of benzene rings is 1. The van der Waals surface area contributed by atoms with E-state index in [9.17, 15) is 0 Å². The van der Waals surface area contributed by atoms with Crippen molar-refractivity contribution in [2.45, 2.75) is 18.7 Å². The van der Waals surface area contributed by atoms with Crippen LogP contribution in [0.25, 0.3) is 0 Å². The molecule has 0 aliphatic heterocycles. The van der Waals surface area contributed by atoms with E-state index in [1.807, 2.05) is 0 Å². The Kier molecular flexibility index (Phi) is 6.34. The van der Waals surface area contributed by atoms with E-state index in [0.29, 0.717) is 5.92 Å². The Morgan fingerprint density at radius 1 is 1.38 bits per heavy atom. The molecule has 1 N–H and O–H groups in total. The standard InChI is InChI=1S/C13H21NOS/c1-11(2)10-15-8-7-14-12-5-4-6-13(9-12)16-3/h4-6,9,11,14H,7-8,10H2,1-3H3. The average molecular weight is 239 g/mol. The minimum absolute atomic E-state index is 0.611. The first kappa shape index (κ1) is 13.4. The zero-order valence-corrected chi connectivity index (χ0v) is 11.1. The number of nitrogens with one attached hydrogen (secondary N) is 1. The molecule has 0 aromatic heterocycles. The van der Waals surface area contributed by atoms with Crippen molar-refractivity contribution in [3.63, 3.8) is 0 Å². The van der Waals surface area contributed by atoms with Crippen LogP contribution in [0.1, 0.15) is 13.8 Å². The van der Waals surface area contributed by atoms with Crippen LogP contribution < -0.4 is 5.32 Å². The van der Waals surface area contributed by atoms with Gasteiger partial charge in [-0.1, -0.05) is 19.9 Å². The van der Waals surface area contributed by atoms with E-state index in [4.69, 9.17) is 4.74 Å². The molecule has 1 rings (SSSR count). The maximum atomic E-state index is 5.51. The van der Waals surface area contributed by atoms with Gasteiger partial charge in [0.05, 0.1) is 6.61 Å². The Bertz CT molecular complexity index is 302. The van der Waals surface area contributed by atoms with Gasteiger partial charge in [0.1, 0.15) is 0 Å². The maximum absolute atomic E-state index is 5.51. The zero-order valence-electron chi connectivity index (χ0n) is 10.3. The minimum atomic E-state index is 0.611. The van der Waals surface area contributed by atoms with Gasteiger partial charge in [-0.25, -0.2) is 0 Å². The molecular weight excluding hydrogens is 218 g/mol. The number of anilines is 1. The van der Waals surface area contributed by atoms with Crippen molar-refractivity contribution in [1.29, 1.82) is 0 Å². The molecule has 0 atom stereocenters. The van der Waals surface area contributed by atoms with Gasteiger partial charge in [-0.3, -0.25) is 0 Å². The van der Waals surface area contributed by atoms with Gasteiger partial charge in [0.15, 0.2) is 0 Å². The van der Waals surface area contributed by atoms with Crippen LogP contribution in [0, 0.1) is 5.92 Å². The van der Waals surface area contributed by atoms with Gasteiger partial charge >= 0.3 is 0 Å². The van der Waals surface area contributed by atoms with Crippen molar-refractivity contribution < 1.29 is 4.74 Å². The van der Waals surface area contributed by atoms with Gasteiger partial charge < -0.3 is 10.1 Å². The Morgan fingerprint density at radius 3 is 2.88 bits per heavy atom. The highest BCUT2D eigenvalue weighted by Crippen LogP contribution is 2.18. The monoisotopic (exact) mass is 239 g/mol. The van der Waals surface area contributed by atoms with Crippen LogP contribution in [0.15, 0.2) is 29.2 Å². The molecule has 3 heteroatoms. The van der Waals surface area contributed by atoms with E-state index >= 15 is 0 Å². The lowest BCUT2D eigenvalue weighted by Crippen LogP contribution is -2.12. The summed E-state index contributed by atoms with van der Waals surface area (Å²) in [5.41, 5.74) is 1.17. The molecule has 0 saturated carbocycles. The molecule has 0 spiro atoms. The number of ether oxygens (including phenoxy) is 1. The Labute approximate surface area is 103 Å². The largest absolute Gasteiger partial charge is 0.383 e. The lowest BCUT2D eigenvalue weighted by atomic mass is 10.2. The molecule has 1 aromatic carbocycles. The van der Waals surface area contributed by atoms with E-state index in [1.165, 1.54) is 10.6 Å². The van der Waals surface area contributed by atoms with Crippen LogP contribution in [0.5, 0.6) is 0 Å².